The molecular formula is C15H19NO4S. The highest BCUT2D eigenvalue weighted by Crippen LogP contribution is 2.20. The lowest BCUT2D eigenvalue weighted by Gasteiger charge is -2.26. The van der Waals surface area contributed by atoms with Gasteiger partial charge in [0.2, 0.25) is 0 Å². The van der Waals surface area contributed by atoms with Crippen LogP contribution in [0.4, 0.5) is 0 Å². The van der Waals surface area contributed by atoms with Gasteiger partial charge in [0, 0.05) is 7.11 Å². The highest BCUT2D eigenvalue weighted by atomic mass is 32.1. The van der Waals surface area contributed by atoms with Crippen molar-refractivity contribution in [3.05, 3.63) is 35.9 Å². The van der Waals surface area contributed by atoms with Crippen molar-refractivity contribution in [2.45, 2.75) is 31.6 Å². The Morgan fingerprint density at radius 2 is 2.19 bits per heavy atom. The predicted molar refractivity (Wildman–Crippen MR) is 81.8 cm³/mol. The number of thiocarbonyl (C=S) groups is 1. The average molecular weight is 309 g/mol. The Kier molecular flexibility index (Phi) is 5.27. The quantitative estimate of drug-likeness (QED) is 0.827. The number of methoxy groups -OCH3 is 1. The lowest BCUT2D eigenvalue weighted by atomic mass is 10.1. The minimum absolute atomic E-state index is 0.142. The van der Waals surface area contributed by atoms with Crippen LogP contribution in [-0.2, 0) is 20.7 Å². The molecule has 1 aromatic carbocycles. The molecule has 5 nitrogen and oxygen atoms in total. The predicted octanol–water partition coefficient (Wildman–Crippen LogP) is 1.14. The normalized spacial score (nSPS) is 21.0. The Morgan fingerprint density at radius 3 is 2.76 bits per heavy atom. The molecule has 1 fully saturated rings. The first-order valence-electron chi connectivity index (χ1n) is 6.79. The van der Waals surface area contributed by atoms with E-state index in [-0.39, 0.29) is 17.1 Å². The lowest BCUT2D eigenvalue weighted by Crippen LogP contribution is -2.49. The number of nitrogens with zero attached hydrogens (tertiary/aromatic N) is 1. The van der Waals surface area contributed by atoms with E-state index >= 15 is 0 Å². The van der Waals surface area contributed by atoms with Gasteiger partial charge in [-0.05, 0) is 31.1 Å². The van der Waals surface area contributed by atoms with E-state index in [0.29, 0.717) is 13.0 Å². The minimum Gasteiger partial charge on any atom is -0.468 e. The van der Waals surface area contributed by atoms with Gasteiger partial charge in [0.15, 0.2) is 6.10 Å². The largest absolute Gasteiger partial charge is 0.468 e. The number of amides is 1. The second-order valence-electron chi connectivity index (χ2n) is 5.03. The highest BCUT2D eigenvalue weighted by molar-refractivity contribution is 7.80. The van der Waals surface area contributed by atoms with Gasteiger partial charge in [-0.2, -0.15) is 0 Å². The number of rotatable bonds is 5. The van der Waals surface area contributed by atoms with Gasteiger partial charge in [0.05, 0.1) is 12.1 Å². The maximum Gasteiger partial charge on any atom is 0.266 e. The van der Waals surface area contributed by atoms with Gasteiger partial charge in [-0.3, -0.25) is 9.69 Å². The number of aliphatic hydroxyl groups excluding tert-OH is 1. The van der Waals surface area contributed by atoms with Gasteiger partial charge in [-0.25, -0.2) is 0 Å². The van der Waals surface area contributed by atoms with Crippen LogP contribution in [0, 0.1) is 0 Å². The molecule has 1 N–H and O–H groups in total. The summed E-state index contributed by atoms with van der Waals surface area (Å²) < 4.78 is 10.4. The summed E-state index contributed by atoms with van der Waals surface area (Å²) in [5.41, 5.74) is 1.10. The van der Waals surface area contributed by atoms with Crippen LogP contribution in [0.25, 0.3) is 0 Å². The molecule has 1 amide bonds. The van der Waals surface area contributed by atoms with Crippen molar-refractivity contribution in [3.63, 3.8) is 0 Å². The molecule has 0 unspecified atom stereocenters. The molecule has 1 aromatic rings. The number of aliphatic hydroxyl groups is 1. The molecular weight excluding hydrogens is 290 g/mol. The van der Waals surface area contributed by atoms with E-state index in [0.717, 1.165) is 5.56 Å². The first-order chi connectivity index (χ1) is 10.0. The third-order valence-electron chi connectivity index (χ3n) is 3.45. The SMILES string of the molecule is CO[C@@H](C(=O)N1C(=S)OC[C@@H]1Cc1ccccc1)[C@@H](C)O. The summed E-state index contributed by atoms with van der Waals surface area (Å²) >= 11 is 5.11. The zero-order valence-electron chi connectivity index (χ0n) is 12.1. The van der Waals surface area contributed by atoms with Crippen LogP contribution in [0.2, 0.25) is 0 Å². The van der Waals surface area contributed by atoms with E-state index in [4.69, 9.17) is 21.7 Å². The van der Waals surface area contributed by atoms with Gasteiger partial charge in [0.1, 0.15) is 6.61 Å². The van der Waals surface area contributed by atoms with Gasteiger partial charge in [-0.1, -0.05) is 30.3 Å². The van der Waals surface area contributed by atoms with Crippen molar-refractivity contribution in [1.82, 2.24) is 4.90 Å². The maximum absolute atomic E-state index is 12.5. The summed E-state index contributed by atoms with van der Waals surface area (Å²) in [6, 6.07) is 9.64. The molecule has 3 atom stereocenters. The number of carbonyl (C=O) groups is 1. The number of benzene rings is 1. The molecule has 0 radical (unpaired) electrons. The van der Waals surface area contributed by atoms with Gasteiger partial charge < -0.3 is 14.6 Å². The van der Waals surface area contributed by atoms with Gasteiger partial charge >= 0.3 is 0 Å². The molecule has 0 bridgehead atoms. The summed E-state index contributed by atoms with van der Waals surface area (Å²) in [6.45, 7) is 1.87. The number of carbonyl (C=O) groups excluding carboxylic acids is 1. The maximum atomic E-state index is 12.5. The van der Waals surface area contributed by atoms with Crippen LogP contribution >= 0.6 is 12.2 Å². The summed E-state index contributed by atoms with van der Waals surface area (Å²) in [4.78, 5) is 13.9. The van der Waals surface area contributed by atoms with Crippen molar-refractivity contribution in [2.24, 2.45) is 0 Å². The fourth-order valence-corrected chi connectivity index (χ4v) is 2.72. The van der Waals surface area contributed by atoms with Crippen LogP contribution in [0.3, 0.4) is 0 Å². The molecule has 0 saturated carbocycles. The summed E-state index contributed by atoms with van der Waals surface area (Å²) in [6.07, 6.45) is -1.21. The highest BCUT2D eigenvalue weighted by Gasteiger charge is 2.39. The van der Waals surface area contributed by atoms with Crippen LogP contribution in [0.1, 0.15) is 12.5 Å². The Bertz CT molecular complexity index is 506. The number of hydrogen-bond donors (Lipinski definition) is 1. The smallest absolute Gasteiger partial charge is 0.266 e. The second-order valence-corrected chi connectivity index (χ2v) is 5.37. The third-order valence-corrected chi connectivity index (χ3v) is 3.76. The van der Waals surface area contributed by atoms with Gasteiger partial charge in [-0.15, -0.1) is 0 Å². The van der Waals surface area contributed by atoms with E-state index in [9.17, 15) is 9.90 Å². The Balaban J connectivity index is 2.15. The molecule has 2 rings (SSSR count). The van der Waals surface area contributed by atoms with E-state index in [1.165, 1.54) is 18.9 Å². The Morgan fingerprint density at radius 1 is 1.52 bits per heavy atom. The van der Waals surface area contributed by atoms with Crippen LogP contribution in [0.15, 0.2) is 30.3 Å². The van der Waals surface area contributed by atoms with Crippen LogP contribution in [0.5, 0.6) is 0 Å². The number of ether oxygens (including phenoxy) is 2. The van der Waals surface area contributed by atoms with E-state index in [1.54, 1.807) is 0 Å². The summed E-state index contributed by atoms with van der Waals surface area (Å²) in [5, 5.41) is 9.79. The summed E-state index contributed by atoms with van der Waals surface area (Å²) in [7, 11) is 1.39. The molecule has 0 aromatic heterocycles. The molecule has 114 valence electrons. The topological polar surface area (TPSA) is 59.0 Å². The molecule has 0 aliphatic carbocycles. The second kappa shape index (κ2) is 6.98. The fourth-order valence-electron chi connectivity index (χ4n) is 2.41. The van der Waals surface area contributed by atoms with E-state index in [1.807, 2.05) is 30.3 Å². The van der Waals surface area contributed by atoms with Crippen molar-refractivity contribution in [2.75, 3.05) is 13.7 Å². The molecule has 1 aliphatic rings. The first-order valence-corrected chi connectivity index (χ1v) is 7.20. The van der Waals surface area contributed by atoms with E-state index in [2.05, 4.69) is 0 Å². The van der Waals surface area contributed by atoms with Gasteiger partial charge in [0.25, 0.3) is 11.1 Å². The molecule has 1 saturated heterocycles. The fraction of sp³-hybridized carbons (Fsp3) is 0.467. The van der Waals surface area contributed by atoms with Crippen LogP contribution in [-0.4, -0.2) is 53.1 Å². The molecule has 0 spiro atoms. The third kappa shape index (κ3) is 3.58. The zero-order valence-corrected chi connectivity index (χ0v) is 12.9. The average Bonchev–Trinajstić information content (AvgIpc) is 2.81. The Hall–Kier alpha value is -1.50. The molecule has 6 heteroatoms. The summed E-state index contributed by atoms with van der Waals surface area (Å²) in [5.74, 6) is -0.365. The van der Waals surface area contributed by atoms with E-state index < -0.39 is 12.2 Å². The molecule has 1 heterocycles. The Labute approximate surface area is 129 Å². The standard InChI is InChI=1S/C15H19NO4S/c1-10(17)13(19-2)14(18)16-12(9-20-15(16)21)8-11-6-4-3-5-7-11/h3-7,10,12-13,17H,8-9H2,1-2H3/t10-,12+,13-/m1/s1. The van der Waals surface area contributed by atoms with Crippen molar-refractivity contribution in [3.8, 4) is 0 Å². The lowest BCUT2D eigenvalue weighted by molar-refractivity contribution is -0.144. The zero-order chi connectivity index (χ0) is 15.4. The van der Waals surface area contributed by atoms with Crippen molar-refractivity contribution < 1.29 is 19.4 Å². The monoisotopic (exact) mass is 309 g/mol. The molecule has 21 heavy (non-hydrogen) atoms. The van der Waals surface area contributed by atoms with Crippen LogP contribution < -0.4 is 0 Å². The minimum atomic E-state index is -0.942. The first kappa shape index (κ1) is 15.9. The molecule has 1 aliphatic heterocycles. The van der Waals surface area contributed by atoms with Crippen molar-refractivity contribution in [1.29, 1.82) is 0 Å². The number of hydrogen-bond acceptors (Lipinski definition) is 5. The van der Waals surface area contributed by atoms with Crippen molar-refractivity contribution >= 4 is 23.3 Å².